The third-order valence-corrected chi connectivity index (χ3v) is 4.73. The third kappa shape index (κ3) is 4.40. The Labute approximate surface area is 117 Å². The van der Waals surface area contributed by atoms with Crippen molar-refractivity contribution in [2.75, 3.05) is 19.0 Å². The van der Waals surface area contributed by atoms with Gasteiger partial charge in [-0.2, -0.15) is 0 Å². The second-order valence-corrected chi connectivity index (χ2v) is 6.35. The van der Waals surface area contributed by atoms with Crippen LogP contribution in [-0.4, -0.2) is 30.7 Å². The largest absolute Gasteiger partial charge is 0.370 e. The van der Waals surface area contributed by atoms with Gasteiger partial charge < -0.3 is 10.1 Å². The van der Waals surface area contributed by atoms with E-state index >= 15 is 0 Å². The zero-order valence-electron chi connectivity index (χ0n) is 11.6. The number of halogens is 1. The fourth-order valence-electron chi connectivity index (χ4n) is 3.39. The summed E-state index contributed by atoms with van der Waals surface area (Å²) in [6.07, 6.45) is 13.4. The Hall–Kier alpha value is 0.210. The smallest absolute Gasteiger partial charge is 0.0708 e. The topological polar surface area (TPSA) is 21.3 Å². The van der Waals surface area contributed by atoms with E-state index in [4.69, 9.17) is 16.3 Å². The first kappa shape index (κ1) is 14.6. The average molecular weight is 274 g/mol. The highest BCUT2D eigenvalue weighted by molar-refractivity contribution is 6.17. The molecule has 2 nitrogen and oxygen atoms in total. The van der Waals surface area contributed by atoms with Gasteiger partial charge in [0.2, 0.25) is 0 Å². The molecule has 0 aromatic rings. The number of nitrogens with one attached hydrogen (secondary N) is 1. The predicted molar refractivity (Wildman–Crippen MR) is 77.4 cm³/mol. The molecule has 1 N–H and O–H groups in total. The molecule has 1 saturated heterocycles. The molecule has 1 spiro atoms. The number of hydrogen-bond donors (Lipinski definition) is 1. The van der Waals surface area contributed by atoms with Crippen molar-refractivity contribution in [1.29, 1.82) is 0 Å². The lowest BCUT2D eigenvalue weighted by Crippen LogP contribution is -2.34. The van der Waals surface area contributed by atoms with Crippen molar-refractivity contribution >= 4 is 11.6 Å². The summed E-state index contributed by atoms with van der Waals surface area (Å²) in [5, 5.41) is 3.54. The maximum absolute atomic E-state index is 6.33. The van der Waals surface area contributed by atoms with Gasteiger partial charge in [-0.15, -0.1) is 11.6 Å². The molecule has 2 rings (SSSR count). The molecule has 1 aliphatic heterocycles. The van der Waals surface area contributed by atoms with Gasteiger partial charge in [0.1, 0.15) is 0 Å². The monoisotopic (exact) mass is 273 g/mol. The van der Waals surface area contributed by atoms with E-state index in [0.717, 1.165) is 25.4 Å². The lowest BCUT2D eigenvalue weighted by atomic mass is 9.83. The van der Waals surface area contributed by atoms with E-state index in [9.17, 15) is 0 Å². The van der Waals surface area contributed by atoms with Crippen molar-refractivity contribution < 1.29 is 4.74 Å². The molecule has 106 valence electrons. The van der Waals surface area contributed by atoms with Gasteiger partial charge in [-0.3, -0.25) is 0 Å². The summed E-state index contributed by atoms with van der Waals surface area (Å²) < 4.78 is 6.33. The average Bonchev–Trinajstić information content (AvgIpc) is 2.78. The molecule has 0 bridgehead atoms. The fraction of sp³-hybridized carbons (Fsp3) is 1.00. The second-order valence-electron chi connectivity index (χ2n) is 5.98. The fourth-order valence-corrected chi connectivity index (χ4v) is 3.58. The third-order valence-electron chi connectivity index (χ3n) is 4.46. The Kier molecular flexibility index (Phi) is 6.26. The van der Waals surface area contributed by atoms with Gasteiger partial charge in [-0.05, 0) is 45.1 Å². The van der Waals surface area contributed by atoms with E-state index < -0.39 is 0 Å². The number of hydrogen-bond acceptors (Lipinski definition) is 2. The molecule has 1 saturated carbocycles. The Morgan fingerprint density at radius 3 is 2.67 bits per heavy atom. The number of ether oxygens (including phenoxy) is 1. The molecular formula is C15H28ClNO. The zero-order valence-corrected chi connectivity index (χ0v) is 12.3. The van der Waals surface area contributed by atoms with E-state index in [2.05, 4.69) is 5.32 Å². The Bertz CT molecular complexity index is 229. The van der Waals surface area contributed by atoms with Gasteiger partial charge in [0.05, 0.1) is 11.7 Å². The number of rotatable bonds is 7. The van der Waals surface area contributed by atoms with Crippen LogP contribution in [0.25, 0.3) is 0 Å². The Morgan fingerprint density at radius 2 is 1.89 bits per heavy atom. The quantitative estimate of drug-likeness (QED) is 0.562. The van der Waals surface area contributed by atoms with Crippen LogP contribution in [0.4, 0.5) is 0 Å². The highest BCUT2D eigenvalue weighted by atomic mass is 35.5. The summed E-state index contributed by atoms with van der Waals surface area (Å²) in [5.41, 5.74) is 0.281. The molecule has 0 radical (unpaired) electrons. The SMILES string of the molecule is ClCCCCCNCC1CCC2(CCCCC2)O1. The molecule has 0 amide bonds. The lowest BCUT2D eigenvalue weighted by molar-refractivity contribution is -0.0623. The van der Waals surface area contributed by atoms with Crippen LogP contribution in [0.3, 0.4) is 0 Å². The van der Waals surface area contributed by atoms with Crippen LogP contribution in [0.15, 0.2) is 0 Å². The molecule has 0 aromatic heterocycles. The van der Waals surface area contributed by atoms with Crippen molar-refractivity contribution in [3.63, 3.8) is 0 Å². The van der Waals surface area contributed by atoms with Gasteiger partial charge in [0, 0.05) is 12.4 Å². The van der Waals surface area contributed by atoms with E-state index in [1.54, 1.807) is 0 Å². The van der Waals surface area contributed by atoms with Gasteiger partial charge >= 0.3 is 0 Å². The highest BCUT2D eigenvalue weighted by Crippen LogP contribution is 2.41. The molecule has 1 unspecified atom stereocenters. The number of unbranched alkanes of at least 4 members (excludes halogenated alkanes) is 2. The number of alkyl halides is 1. The standard InChI is InChI=1S/C15H28ClNO/c16-11-5-2-6-12-17-13-14-7-10-15(18-14)8-3-1-4-9-15/h14,17H,1-13H2. The highest BCUT2D eigenvalue weighted by Gasteiger charge is 2.40. The molecule has 1 heterocycles. The normalized spacial score (nSPS) is 26.8. The second kappa shape index (κ2) is 7.72. The van der Waals surface area contributed by atoms with Crippen LogP contribution in [-0.2, 0) is 4.74 Å². The van der Waals surface area contributed by atoms with Crippen LogP contribution < -0.4 is 5.32 Å². The van der Waals surface area contributed by atoms with Crippen molar-refractivity contribution in [2.45, 2.75) is 75.9 Å². The first-order chi connectivity index (χ1) is 8.85. The molecular weight excluding hydrogens is 246 g/mol. The predicted octanol–water partition coefficient (Wildman–Crippen LogP) is 3.87. The van der Waals surface area contributed by atoms with E-state index in [1.807, 2.05) is 0 Å². The summed E-state index contributed by atoms with van der Waals surface area (Å²) in [6.45, 7) is 2.16. The van der Waals surface area contributed by atoms with Gasteiger partial charge in [-0.1, -0.05) is 25.7 Å². The molecule has 1 atom stereocenters. The molecule has 0 aromatic carbocycles. The van der Waals surface area contributed by atoms with E-state index in [1.165, 1.54) is 57.8 Å². The van der Waals surface area contributed by atoms with Crippen molar-refractivity contribution in [2.24, 2.45) is 0 Å². The lowest BCUT2D eigenvalue weighted by Gasteiger charge is -2.33. The molecule has 2 aliphatic rings. The van der Waals surface area contributed by atoms with Gasteiger partial charge in [-0.25, -0.2) is 0 Å². The summed E-state index contributed by atoms with van der Waals surface area (Å²) in [5.74, 6) is 0.800. The minimum atomic E-state index is 0.281. The first-order valence-electron chi connectivity index (χ1n) is 7.79. The van der Waals surface area contributed by atoms with Crippen LogP contribution >= 0.6 is 11.6 Å². The maximum Gasteiger partial charge on any atom is 0.0708 e. The summed E-state index contributed by atoms with van der Waals surface area (Å²) in [7, 11) is 0. The van der Waals surface area contributed by atoms with Crippen LogP contribution in [0.1, 0.15) is 64.2 Å². The van der Waals surface area contributed by atoms with Crippen LogP contribution in [0.2, 0.25) is 0 Å². The summed E-state index contributed by atoms with van der Waals surface area (Å²) in [4.78, 5) is 0. The van der Waals surface area contributed by atoms with Crippen molar-refractivity contribution in [1.82, 2.24) is 5.32 Å². The Morgan fingerprint density at radius 1 is 1.06 bits per heavy atom. The zero-order chi connectivity index (χ0) is 12.7. The van der Waals surface area contributed by atoms with Gasteiger partial charge in [0.15, 0.2) is 0 Å². The van der Waals surface area contributed by atoms with E-state index in [-0.39, 0.29) is 5.60 Å². The Balaban J connectivity index is 1.55. The van der Waals surface area contributed by atoms with Crippen LogP contribution in [0.5, 0.6) is 0 Å². The first-order valence-corrected chi connectivity index (χ1v) is 8.33. The minimum absolute atomic E-state index is 0.281. The maximum atomic E-state index is 6.33. The molecule has 3 heteroatoms. The summed E-state index contributed by atoms with van der Waals surface area (Å²) in [6, 6.07) is 0. The van der Waals surface area contributed by atoms with Crippen molar-refractivity contribution in [3.8, 4) is 0 Å². The molecule has 2 fully saturated rings. The summed E-state index contributed by atoms with van der Waals surface area (Å²) >= 11 is 5.66. The van der Waals surface area contributed by atoms with E-state index in [0.29, 0.717) is 6.10 Å². The molecule has 18 heavy (non-hydrogen) atoms. The van der Waals surface area contributed by atoms with Gasteiger partial charge in [0.25, 0.3) is 0 Å². The van der Waals surface area contributed by atoms with Crippen molar-refractivity contribution in [3.05, 3.63) is 0 Å². The molecule has 1 aliphatic carbocycles. The minimum Gasteiger partial charge on any atom is -0.370 e. The van der Waals surface area contributed by atoms with Crippen LogP contribution in [0, 0.1) is 0 Å².